The van der Waals surface area contributed by atoms with Gasteiger partial charge in [-0.1, -0.05) is 0 Å². The van der Waals surface area contributed by atoms with Crippen LogP contribution in [0.3, 0.4) is 0 Å². The molecule has 0 aliphatic carbocycles. The van der Waals surface area contributed by atoms with Gasteiger partial charge in [0.1, 0.15) is 0 Å². The van der Waals surface area contributed by atoms with Crippen LogP contribution < -0.4 is 6.15 Å². The van der Waals surface area contributed by atoms with Crippen LogP contribution in [-0.4, -0.2) is 20.3 Å². The molecule has 0 rings (SSSR count). The van der Waals surface area contributed by atoms with Crippen molar-refractivity contribution in [3.8, 4) is 0 Å². The fourth-order valence-corrected chi connectivity index (χ4v) is 0. The minimum atomic E-state index is -1.75. The predicted octanol–water partition coefficient (Wildman–Crippen LogP) is -0.580. The Labute approximate surface area is 129 Å². The Balaban J connectivity index is -0.0000000257. The van der Waals surface area contributed by atoms with Gasteiger partial charge in [-0.25, -0.2) is 0 Å². The van der Waals surface area contributed by atoms with Gasteiger partial charge in [-0.05, 0) is 0 Å². The molecule has 0 bridgehead atoms. The number of nitrogens with zero attached hydrogens (tertiary/aromatic N) is 4. The van der Waals surface area contributed by atoms with E-state index in [1.807, 2.05) is 0 Å². The molecule has 0 aliphatic heterocycles. The Bertz CT molecular complexity index is 161. The molecular weight excluding hydrogens is 402 g/mol. The van der Waals surface area contributed by atoms with Crippen LogP contribution in [0.4, 0.5) is 0 Å². The fourth-order valence-electron chi connectivity index (χ4n) is 0. The zero-order valence-electron chi connectivity index (χ0n) is 8.19. The topological polar surface area (TPSA) is 301 Å². The molecule has 0 saturated carbocycles. The van der Waals surface area contributed by atoms with Gasteiger partial charge in [-0.3, -0.25) is 0 Å². The second-order valence-corrected chi connectivity index (χ2v) is 0.894. The molecular formula is H4CeN5O12-3. The third kappa shape index (κ3) is 703. The summed E-state index contributed by atoms with van der Waals surface area (Å²) in [7, 11) is 0. The summed E-state index contributed by atoms with van der Waals surface area (Å²) in [5.74, 6) is 0. The normalized spacial score (nSPS) is 5.33. The third-order valence-electron chi connectivity index (χ3n) is 0. The molecule has 0 aromatic heterocycles. The Hall–Kier alpha value is -1.86. The zero-order chi connectivity index (χ0) is 14.3. The summed E-state index contributed by atoms with van der Waals surface area (Å²) < 4.78 is 0. The quantitative estimate of drug-likeness (QED) is 0.390. The van der Waals surface area contributed by atoms with E-state index in [2.05, 4.69) is 0 Å². The smallest absolute Gasteiger partial charge is 0.0689 e. The summed E-state index contributed by atoms with van der Waals surface area (Å²) in [6.45, 7) is 0. The number of hydrogen-bond donors (Lipinski definition) is 1. The zero-order valence-corrected chi connectivity index (χ0v) is 11.3. The van der Waals surface area contributed by atoms with Gasteiger partial charge in [0.25, 0.3) is 0 Å². The molecule has 0 aromatic carbocycles. The molecule has 0 saturated heterocycles. The van der Waals surface area contributed by atoms with Crippen molar-refractivity contribution in [2.45, 2.75) is 0 Å². The first kappa shape index (κ1) is 36.0. The maximum absolute atomic E-state index is 8.25. The monoisotopic (exact) mass is 406 g/mol. The molecule has 18 heavy (non-hydrogen) atoms. The number of hydrogen-bond acceptors (Lipinski definition) is 12. The van der Waals surface area contributed by atoms with E-state index in [9.17, 15) is 0 Å². The summed E-state index contributed by atoms with van der Waals surface area (Å²) in [6.07, 6.45) is 0. The van der Waals surface area contributed by atoms with E-state index in [1.165, 1.54) is 0 Å². The molecule has 0 radical (unpaired) electrons. The Kier molecular flexibility index (Phi) is 58.8. The van der Waals surface area contributed by atoms with Crippen LogP contribution in [0.2, 0.25) is 0 Å². The molecule has 0 heterocycles. The van der Waals surface area contributed by atoms with E-state index < -0.39 is 20.3 Å². The first-order valence-corrected chi connectivity index (χ1v) is 2.19. The summed E-state index contributed by atoms with van der Waals surface area (Å²) >= 11 is 0. The predicted molar refractivity (Wildman–Crippen MR) is 47.4 cm³/mol. The second-order valence-electron chi connectivity index (χ2n) is 0.894. The van der Waals surface area contributed by atoms with Crippen molar-refractivity contribution in [1.29, 1.82) is 0 Å². The van der Waals surface area contributed by atoms with Gasteiger partial charge in [0.15, 0.2) is 0 Å². The van der Waals surface area contributed by atoms with Crippen molar-refractivity contribution in [3.63, 3.8) is 0 Å². The first-order chi connectivity index (χ1) is 6.93. The SMILES string of the molecule is O=[N+]([O-])[O-].O=[N+]([O-])[O-].O=[N+]([O-])[O-].O=[N+]([O-])[O-].[Ce].[NH4+]. The van der Waals surface area contributed by atoms with Gasteiger partial charge in [-0.15, -0.1) is 0 Å². The van der Waals surface area contributed by atoms with Crippen molar-refractivity contribution in [2.75, 3.05) is 0 Å². The van der Waals surface area contributed by atoms with Gasteiger partial charge in [0.05, 0.1) is 20.3 Å². The van der Waals surface area contributed by atoms with Gasteiger partial charge in [0, 0.05) is 41.7 Å². The summed E-state index contributed by atoms with van der Waals surface area (Å²) in [6, 6.07) is 0. The van der Waals surface area contributed by atoms with E-state index >= 15 is 0 Å². The van der Waals surface area contributed by atoms with Crippen LogP contribution in [-0.2, 0) is 0 Å². The van der Waals surface area contributed by atoms with Crippen molar-refractivity contribution >= 4 is 0 Å². The van der Waals surface area contributed by atoms with Gasteiger partial charge in [0.2, 0.25) is 0 Å². The summed E-state index contributed by atoms with van der Waals surface area (Å²) in [5, 5.41) is 59.0. The van der Waals surface area contributed by atoms with Gasteiger partial charge >= 0.3 is 0 Å². The molecule has 108 valence electrons. The van der Waals surface area contributed by atoms with Crippen LogP contribution in [0.5, 0.6) is 0 Å². The molecule has 17 nitrogen and oxygen atoms in total. The molecule has 18 heteroatoms. The molecule has 0 fully saturated rings. The average molecular weight is 406 g/mol. The molecule has 0 spiro atoms. The largest absolute Gasteiger partial charge is 0.369 e. The maximum Gasteiger partial charge on any atom is 0.0689 e. The van der Waals surface area contributed by atoms with E-state index in [0.717, 1.165) is 0 Å². The van der Waals surface area contributed by atoms with E-state index in [0.29, 0.717) is 0 Å². The summed E-state index contributed by atoms with van der Waals surface area (Å²) in [4.78, 5) is 33.0. The maximum atomic E-state index is 8.25. The number of quaternary nitrogens is 1. The molecule has 0 aromatic rings. The molecule has 0 aliphatic rings. The van der Waals surface area contributed by atoms with Gasteiger partial charge in [-0.2, -0.15) is 0 Å². The van der Waals surface area contributed by atoms with Crippen LogP contribution in [0.15, 0.2) is 0 Å². The molecule has 0 atom stereocenters. The van der Waals surface area contributed by atoms with Gasteiger partial charge < -0.3 is 67.4 Å². The van der Waals surface area contributed by atoms with Crippen LogP contribution in [0.1, 0.15) is 0 Å². The van der Waals surface area contributed by atoms with Crippen LogP contribution >= 0.6 is 0 Å². The Morgan fingerprint density at radius 2 is 0.444 bits per heavy atom. The van der Waals surface area contributed by atoms with Crippen molar-refractivity contribution < 1.29 is 62.1 Å². The summed E-state index contributed by atoms with van der Waals surface area (Å²) in [5.41, 5.74) is 0. The number of rotatable bonds is 0. The van der Waals surface area contributed by atoms with E-state index in [-0.39, 0.29) is 47.9 Å². The minimum Gasteiger partial charge on any atom is -0.369 e. The van der Waals surface area contributed by atoms with Crippen molar-refractivity contribution in [2.24, 2.45) is 0 Å². The standard InChI is InChI=1S/Ce.4NO3.H3N/c;4*2-1(3)4;/h;;;;;1H3/q;4*-1;/p+1. The molecule has 0 amide bonds. The third-order valence-corrected chi connectivity index (χ3v) is 0. The van der Waals surface area contributed by atoms with E-state index in [4.69, 9.17) is 61.3 Å². The van der Waals surface area contributed by atoms with E-state index in [1.54, 1.807) is 0 Å². The Morgan fingerprint density at radius 3 is 0.444 bits per heavy atom. The fraction of sp³-hybridized carbons (Fsp3) is 0. The average Bonchev–Trinajstić information content (AvgIpc) is 1.76. The molecule has 4 N–H and O–H groups in total. The van der Waals surface area contributed by atoms with Crippen molar-refractivity contribution in [1.82, 2.24) is 6.15 Å². The second kappa shape index (κ2) is 29.4. The van der Waals surface area contributed by atoms with Crippen LogP contribution in [0, 0.1) is 103 Å². The minimum absolute atomic E-state index is 0. The Morgan fingerprint density at radius 1 is 0.444 bits per heavy atom. The van der Waals surface area contributed by atoms with Crippen molar-refractivity contribution in [3.05, 3.63) is 61.3 Å². The van der Waals surface area contributed by atoms with Crippen LogP contribution in [0.25, 0.3) is 0 Å². The molecule has 0 unspecified atom stereocenters. The first-order valence-electron chi connectivity index (χ1n) is 2.19.